The van der Waals surface area contributed by atoms with E-state index < -0.39 is 15.3 Å². The fraction of sp³-hybridized carbons (Fsp3) is 0. The molecule has 0 aliphatic heterocycles. The van der Waals surface area contributed by atoms with Crippen molar-refractivity contribution in [2.75, 3.05) is 0 Å². The van der Waals surface area contributed by atoms with Gasteiger partial charge in [-0.05, 0) is 6.07 Å². The van der Waals surface area contributed by atoms with Crippen LogP contribution >= 0.6 is 0 Å². The summed E-state index contributed by atoms with van der Waals surface area (Å²) in [4.78, 5) is 9.51. The fourth-order valence-corrected chi connectivity index (χ4v) is 1.11. The van der Waals surface area contributed by atoms with Crippen molar-refractivity contribution in [1.29, 1.82) is 0 Å². The predicted molar refractivity (Wildman–Crippen MR) is 43.4 cm³/mol. The van der Waals surface area contributed by atoms with E-state index in [1.54, 1.807) is 0 Å². The number of hydrogen-bond acceptors (Lipinski definition) is 6. The summed E-state index contributed by atoms with van der Waals surface area (Å²) in [5, 5.41) is 10.2. The number of nitro groups is 1. The van der Waals surface area contributed by atoms with Crippen LogP contribution in [0.2, 0.25) is 0 Å². The zero-order valence-electron chi connectivity index (χ0n) is 7.61. The molecule has 0 heterocycles. The molecule has 0 fully saturated rings. The molecule has 0 aliphatic carbocycles. The van der Waals surface area contributed by atoms with Crippen LogP contribution in [0.3, 0.4) is 0 Å². The van der Waals surface area contributed by atoms with Gasteiger partial charge in [0.1, 0.15) is 5.75 Å². The Labute approximate surface area is 107 Å². The summed E-state index contributed by atoms with van der Waals surface area (Å²) < 4.78 is 34.3. The first kappa shape index (κ1) is 14.3. The molecule has 0 saturated carbocycles. The molecule has 0 unspecified atom stereocenters. The summed E-state index contributed by atoms with van der Waals surface area (Å²) in [5.74, 6) is -0.380. The first-order valence-corrected chi connectivity index (χ1v) is 4.61. The van der Waals surface area contributed by atoms with Crippen LogP contribution in [-0.4, -0.2) is 17.9 Å². The van der Waals surface area contributed by atoms with E-state index in [2.05, 4.69) is 4.18 Å². The van der Waals surface area contributed by atoms with Gasteiger partial charge in [0.15, 0.2) is 0 Å². The smallest absolute Gasteiger partial charge is 0.716 e. The molecule has 1 rings (SSSR count). The zero-order chi connectivity index (χ0) is 10.8. The molecule has 0 bridgehead atoms. The molecular weight excluding hydrogens is 237 g/mol. The van der Waals surface area contributed by atoms with Crippen molar-refractivity contribution in [3.63, 3.8) is 0 Å². The average Bonchev–Trinajstić information content (AvgIpc) is 2.01. The van der Waals surface area contributed by atoms with Crippen molar-refractivity contribution in [1.82, 2.24) is 0 Å². The number of nitro benzene ring substituents is 1. The summed E-state index contributed by atoms with van der Waals surface area (Å²) in [6.45, 7) is 0. The summed E-state index contributed by atoms with van der Waals surface area (Å²) in [6.07, 6.45) is 0. The van der Waals surface area contributed by atoms with Crippen LogP contribution in [-0.2, 0) is 10.4 Å². The standard InChI is InChI=1S/C6H5NO6S.Na/c8-7(9)5-2-1-3-6(4-5)13-14(10,11)12;/h1-4H,(H,10,11,12);/q;+1/p-1. The molecule has 9 heteroatoms. The predicted octanol–water partition coefficient (Wildman–Crippen LogP) is -2.56. The molecule has 0 N–H and O–H groups in total. The van der Waals surface area contributed by atoms with Gasteiger partial charge in [-0.2, -0.15) is 0 Å². The maximum atomic E-state index is 10.2. The van der Waals surface area contributed by atoms with Gasteiger partial charge in [-0.1, -0.05) is 6.07 Å². The van der Waals surface area contributed by atoms with Gasteiger partial charge < -0.3 is 8.74 Å². The van der Waals surface area contributed by atoms with Crippen molar-refractivity contribution >= 4 is 16.1 Å². The minimum absolute atomic E-state index is 0. The first-order valence-electron chi connectivity index (χ1n) is 3.28. The molecule has 15 heavy (non-hydrogen) atoms. The number of rotatable bonds is 3. The molecule has 76 valence electrons. The van der Waals surface area contributed by atoms with E-state index in [4.69, 9.17) is 0 Å². The molecule has 7 nitrogen and oxygen atoms in total. The maximum Gasteiger partial charge on any atom is 1.00 e. The fourth-order valence-electron chi connectivity index (χ4n) is 0.767. The molecule has 0 saturated heterocycles. The van der Waals surface area contributed by atoms with Gasteiger partial charge in [0.05, 0.1) is 11.0 Å². The molecular formula is C6H4NNaO6S. The Hall–Kier alpha value is -0.670. The van der Waals surface area contributed by atoms with Crippen LogP contribution < -0.4 is 33.7 Å². The molecule has 0 atom stereocenters. The van der Waals surface area contributed by atoms with E-state index in [-0.39, 0.29) is 41.0 Å². The molecule has 0 spiro atoms. The Kier molecular flexibility index (Phi) is 5.18. The summed E-state index contributed by atoms with van der Waals surface area (Å²) in [6, 6.07) is 4.32. The second-order valence-corrected chi connectivity index (χ2v) is 3.23. The van der Waals surface area contributed by atoms with E-state index in [0.29, 0.717) is 0 Å². The van der Waals surface area contributed by atoms with Gasteiger partial charge in [-0.25, -0.2) is 8.42 Å². The quantitative estimate of drug-likeness (QED) is 0.189. The number of benzene rings is 1. The van der Waals surface area contributed by atoms with Gasteiger partial charge in [0.25, 0.3) is 16.1 Å². The van der Waals surface area contributed by atoms with Crippen LogP contribution in [0, 0.1) is 10.1 Å². The van der Waals surface area contributed by atoms with E-state index in [9.17, 15) is 23.1 Å². The topological polar surface area (TPSA) is 110 Å². The van der Waals surface area contributed by atoms with Gasteiger partial charge in [0.2, 0.25) is 0 Å². The summed E-state index contributed by atoms with van der Waals surface area (Å²) in [5.41, 5.74) is -0.355. The second kappa shape index (κ2) is 5.42. The molecule has 0 radical (unpaired) electrons. The Morgan fingerprint density at radius 3 is 2.40 bits per heavy atom. The first-order chi connectivity index (χ1) is 6.38. The van der Waals surface area contributed by atoms with Crippen LogP contribution in [0.4, 0.5) is 5.69 Å². The van der Waals surface area contributed by atoms with Gasteiger partial charge in [-0.3, -0.25) is 10.1 Å². The van der Waals surface area contributed by atoms with Gasteiger partial charge in [-0.15, -0.1) is 0 Å². The summed E-state index contributed by atoms with van der Waals surface area (Å²) >= 11 is 0. The third-order valence-corrected chi connectivity index (χ3v) is 1.62. The van der Waals surface area contributed by atoms with E-state index in [0.717, 1.165) is 18.2 Å². The third-order valence-electron chi connectivity index (χ3n) is 1.23. The average molecular weight is 241 g/mol. The Morgan fingerprint density at radius 1 is 1.33 bits per heavy atom. The van der Waals surface area contributed by atoms with Gasteiger partial charge in [0, 0.05) is 6.07 Å². The van der Waals surface area contributed by atoms with Crippen LogP contribution in [0.25, 0.3) is 0 Å². The van der Waals surface area contributed by atoms with Crippen molar-refractivity contribution in [2.24, 2.45) is 0 Å². The molecule has 1 aromatic carbocycles. The van der Waals surface area contributed by atoms with Crippen molar-refractivity contribution in [3.05, 3.63) is 34.4 Å². The second-order valence-electron chi connectivity index (χ2n) is 2.25. The Morgan fingerprint density at radius 2 is 1.93 bits per heavy atom. The maximum absolute atomic E-state index is 10.2. The SMILES string of the molecule is O=[N+]([O-])c1cccc(OS(=O)(=O)[O-])c1.[Na+]. The normalized spacial score (nSPS) is 10.2. The number of non-ortho nitro benzene ring substituents is 1. The van der Waals surface area contributed by atoms with Crippen LogP contribution in [0.15, 0.2) is 24.3 Å². The number of nitrogens with zero attached hydrogens (tertiary/aromatic N) is 1. The Balaban J connectivity index is 0.00000196. The third kappa shape index (κ3) is 5.09. The molecule has 0 amide bonds. The van der Waals surface area contributed by atoms with Crippen molar-refractivity contribution in [3.8, 4) is 5.75 Å². The number of hydrogen-bond donors (Lipinski definition) is 0. The van der Waals surface area contributed by atoms with Crippen LogP contribution in [0.1, 0.15) is 0 Å². The minimum atomic E-state index is -4.89. The van der Waals surface area contributed by atoms with E-state index in [1.165, 1.54) is 6.07 Å². The van der Waals surface area contributed by atoms with E-state index >= 15 is 0 Å². The van der Waals surface area contributed by atoms with E-state index in [1.807, 2.05) is 0 Å². The largest absolute Gasteiger partial charge is 1.00 e. The Bertz CT molecular complexity index is 458. The van der Waals surface area contributed by atoms with Crippen molar-refractivity contribution < 1.29 is 51.6 Å². The molecule has 0 aromatic heterocycles. The van der Waals surface area contributed by atoms with Crippen LogP contribution in [0.5, 0.6) is 5.75 Å². The monoisotopic (exact) mass is 241 g/mol. The zero-order valence-corrected chi connectivity index (χ0v) is 10.4. The van der Waals surface area contributed by atoms with Gasteiger partial charge >= 0.3 is 29.6 Å². The molecule has 1 aromatic rings. The van der Waals surface area contributed by atoms with Crippen molar-refractivity contribution in [2.45, 2.75) is 0 Å². The minimum Gasteiger partial charge on any atom is -0.716 e. The summed E-state index contributed by atoms with van der Waals surface area (Å²) in [7, 11) is -4.89. The molecule has 0 aliphatic rings.